The summed E-state index contributed by atoms with van der Waals surface area (Å²) in [4.78, 5) is 12.2. The van der Waals surface area contributed by atoms with E-state index < -0.39 is 0 Å². The zero-order valence-electron chi connectivity index (χ0n) is 10.8. The van der Waals surface area contributed by atoms with Crippen LogP contribution in [0.1, 0.15) is 28.4 Å². The predicted molar refractivity (Wildman–Crippen MR) is 81.1 cm³/mol. The van der Waals surface area contributed by atoms with E-state index in [1.54, 1.807) is 0 Å². The van der Waals surface area contributed by atoms with E-state index in [0.717, 1.165) is 27.6 Å². The van der Waals surface area contributed by atoms with E-state index in [1.165, 1.54) is 0 Å². The van der Waals surface area contributed by atoms with Crippen molar-refractivity contribution < 1.29 is 4.79 Å². The predicted octanol–water partition coefficient (Wildman–Crippen LogP) is 3.94. The molecular formula is C16H16BrNO. The van der Waals surface area contributed by atoms with E-state index in [2.05, 4.69) is 28.2 Å². The molecule has 3 heteroatoms. The van der Waals surface area contributed by atoms with Gasteiger partial charge in [0.1, 0.15) is 0 Å². The highest BCUT2D eigenvalue weighted by molar-refractivity contribution is 9.10. The molecule has 0 saturated carbocycles. The van der Waals surface area contributed by atoms with Crippen LogP contribution in [0.25, 0.3) is 0 Å². The summed E-state index contributed by atoms with van der Waals surface area (Å²) in [6, 6.07) is 15.6. The lowest BCUT2D eigenvalue weighted by Gasteiger charge is -2.09. The summed E-state index contributed by atoms with van der Waals surface area (Å²) in [6.45, 7) is 2.58. The first-order valence-electron chi connectivity index (χ1n) is 6.32. The molecule has 0 spiro atoms. The average molecular weight is 318 g/mol. The van der Waals surface area contributed by atoms with Crippen molar-refractivity contribution in [2.45, 2.75) is 19.9 Å². The number of rotatable bonds is 4. The Balaban J connectivity index is 2.08. The highest BCUT2D eigenvalue weighted by atomic mass is 79.9. The van der Waals surface area contributed by atoms with Crippen molar-refractivity contribution in [3.05, 3.63) is 69.7 Å². The van der Waals surface area contributed by atoms with Crippen LogP contribution in [-0.2, 0) is 13.0 Å². The van der Waals surface area contributed by atoms with E-state index in [4.69, 9.17) is 0 Å². The average Bonchev–Trinajstić information content (AvgIpc) is 2.46. The molecule has 19 heavy (non-hydrogen) atoms. The number of amides is 1. The second-order valence-electron chi connectivity index (χ2n) is 4.28. The Kier molecular flexibility index (Phi) is 4.74. The molecule has 0 heterocycles. The van der Waals surface area contributed by atoms with Crippen LogP contribution in [0.5, 0.6) is 0 Å². The first kappa shape index (κ1) is 13.8. The van der Waals surface area contributed by atoms with Gasteiger partial charge in [0.25, 0.3) is 5.91 Å². The molecule has 0 aliphatic rings. The summed E-state index contributed by atoms with van der Waals surface area (Å²) >= 11 is 3.48. The highest BCUT2D eigenvalue weighted by Gasteiger charge is 2.09. The third-order valence-corrected chi connectivity index (χ3v) is 3.81. The number of hydrogen-bond donors (Lipinski definition) is 1. The lowest BCUT2D eigenvalue weighted by molar-refractivity contribution is 0.0950. The standard InChI is InChI=1S/C16H16BrNO/c1-2-12-7-3-5-9-14(12)16(19)18-11-13-8-4-6-10-15(13)17/h3-10H,2,11H2,1H3,(H,18,19). The van der Waals surface area contributed by atoms with Crippen molar-refractivity contribution in [2.75, 3.05) is 0 Å². The molecule has 0 saturated heterocycles. The van der Waals surface area contributed by atoms with Crippen molar-refractivity contribution >= 4 is 21.8 Å². The Labute approximate surface area is 122 Å². The lowest BCUT2D eigenvalue weighted by atomic mass is 10.0. The molecule has 0 fully saturated rings. The Morgan fingerprint density at radius 3 is 2.37 bits per heavy atom. The van der Waals surface area contributed by atoms with Crippen molar-refractivity contribution in [3.8, 4) is 0 Å². The van der Waals surface area contributed by atoms with E-state index in [0.29, 0.717) is 6.54 Å². The van der Waals surface area contributed by atoms with E-state index in [-0.39, 0.29) is 5.91 Å². The largest absolute Gasteiger partial charge is 0.348 e. The fourth-order valence-corrected chi connectivity index (χ4v) is 2.39. The van der Waals surface area contributed by atoms with Gasteiger partial charge in [0.05, 0.1) is 0 Å². The maximum atomic E-state index is 12.2. The van der Waals surface area contributed by atoms with Gasteiger partial charge in [0, 0.05) is 16.6 Å². The van der Waals surface area contributed by atoms with Crippen LogP contribution in [0.4, 0.5) is 0 Å². The fraction of sp³-hybridized carbons (Fsp3) is 0.188. The lowest BCUT2D eigenvalue weighted by Crippen LogP contribution is -2.24. The minimum atomic E-state index is -0.0202. The Morgan fingerprint density at radius 1 is 1.05 bits per heavy atom. The van der Waals surface area contributed by atoms with Crippen LogP contribution in [0.3, 0.4) is 0 Å². The van der Waals surface area contributed by atoms with Gasteiger partial charge in [-0.1, -0.05) is 59.3 Å². The highest BCUT2D eigenvalue weighted by Crippen LogP contribution is 2.16. The number of carbonyl (C=O) groups is 1. The molecule has 98 valence electrons. The first-order chi connectivity index (χ1) is 9.22. The van der Waals surface area contributed by atoms with Crippen LogP contribution >= 0.6 is 15.9 Å². The van der Waals surface area contributed by atoms with Crippen molar-refractivity contribution in [1.29, 1.82) is 0 Å². The summed E-state index contributed by atoms with van der Waals surface area (Å²) in [5.74, 6) is -0.0202. The topological polar surface area (TPSA) is 29.1 Å². The maximum Gasteiger partial charge on any atom is 0.251 e. The van der Waals surface area contributed by atoms with Crippen LogP contribution in [0.15, 0.2) is 53.0 Å². The third-order valence-electron chi connectivity index (χ3n) is 3.04. The van der Waals surface area contributed by atoms with E-state index in [9.17, 15) is 4.79 Å². The molecule has 0 radical (unpaired) electrons. The summed E-state index contributed by atoms with van der Waals surface area (Å²) in [5.41, 5.74) is 2.91. The number of benzene rings is 2. The van der Waals surface area contributed by atoms with E-state index in [1.807, 2.05) is 48.5 Å². The van der Waals surface area contributed by atoms with Crippen molar-refractivity contribution in [3.63, 3.8) is 0 Å². The molecule has 0 unspecified atom stereocenters. The van der Waals surface area contributed by atoms with Gasteiger partial charge in [-0.3, -0.25) is 4.79 Å². The summed E-state index contributed by atoms with van der Waals surface area (Å²) in [7, 11) is 0. The molecule has 0 aliphatic carbocycles. The molecule has 2 aromatic rings. The fourth-order valence-electron chi connectivity index (χ4n) is 1.96. The van der Waals surface area contributed by atoms with Crippen molar-refractivity contribution in [2.24, 2.45) is 0 Å². The number of nitrogens with one attached hydrogen (secondary N) is 1. The Bertz CT molecular complexity index is 580. The zero-order valence-corrected chi connectivity index (χ0v) is 12.4. The van der Waals surface area contributed by atoms with Gasteiger partial charge in [0.2, 0.25) is 0 Å². The van der Waals surface area contributed by atoms with Gasteiger partial charge in [-0.2, -0.15) is 0 Å². The molecule has 0 aromatic heterocycles. The smallest absolute Gasteiger partial charge is 0.251 e. The van der Waals surface area contributed by atoms with Crippen LogP contribution in [0, 0.1) is 0 Å². The maximum absolute atomic E-state index is 12.2. The Morgan fingerprint density at radius 2 is 1.68 bits per heavy atom. The molecule has 2 nitrogen and oxygen atoms in total. The number of carbonyl (C=O) groups excluding carboxylic acids is 1. The van der Waals surface area contributed by atoms with Crippen LogP contribution in [-0.4, -0.2) is 5.91 Å². The summed E-state index contributed by atoms with van der Waals surface area (Å²) in [6.07, 6.45) is 0.860. The van der Waals surface area contributed by atoms with E-state index >= 15 is 0 Å². The van der Waals surface area contributed by atoms with Gasteiger partial charge < -0.3 is 5.32 Å². The second-order valence-corrected chi connectivity index (χ2v) is 5.14. The molecule has 0 bridgehead atoms. The molecule has 2 aromatic carbocycles. The molecule has 0 aliphatic heterocycles. The SMILES string of the molecule is CCc1ccccc1C(=O)NCc1ccccc1Br. The van der Waals surface area contributed by atoms with Gasteiger partial charge >= 0.3 is 0 Å². The molecule has 1 N–H and O–H groups in total. The minimum absolute atomic E-state index is 0.0202. The molecule has 2 rings (SSSR count). The molecular weight excluding hydrogens is 302 g/mol. The van der Waals surface area contributed by atoms with Gasteiger partial charge in [-0.15, -0.1) is 0 Å². The van der Waals surface area contributed by atoms with Gasteiger partial charge in [-0.25, -0.2) is 0 Å². The summed E-state index contributed by atoms with van der Waals surface area (Å²) < 4.78 is 1.01. The minimum Gasteiger partial charge on any atom is -0.348 e. The van der Waals surface area contributed by atoms with Crippen LogP contribution < -0.4 is 5.32 Å². The first-order valence-corrected chi connectivity index (χ1v) is 7.11. The monoisotopic (exact) mass is 317 g/mol. The molecule has 0 atom stereocenters. The van der Waals surface area contributed by atoms with Crippen LogP contribution in [0.2, 0.25) is 0 Å². The Hall–Kier alpha value is -1.61. The van der Waals surface area contributed by atoms with Gasteiger partial charge in [-0.05, 0) is 29.7 Å². The zero-order chi connectivity index (χ0) is 13.7. The quantitative estimate of drug-likeness (QED) is 0.909. The number of hydrogen-bond acceptors (Lipinski definition) is 1. The third kappa shape index (κ3) is 3.44. The normalized spacial score (nSPS) is 10.2. The second kappa shape index (κ2) is 6.53. The van der Waals surface area contributed by atoms with Gasteiger partial charge in [0.15, 0.2) is 0 Å². The summed E-state index contributed by atoms with van der Waals surface area (Å²) in [5, 5.41) is 2.96. The molecule has 1 amide bonds. The van der Waals surface area contributed by atoms with Crippen molar-refractivity contribution in [1.82, 2.24) is 5.32 Å². The number of aryl methyl sites for hydroxylation is 1. The number of halogens is 1.